The van der Waals surface area contributed by atoms with E-state index in [2.05, 4.69) is 10.3 Å². The van der Waals surface area contributed by atoms with E-state index in [1.807, 2.05) is 5.32 Å². The van der Waals surface area contributed by atoms with E-state index in [0.717, 1.165) is 4.68 Å². The Labute approximate surface area is 110 Å². The summed E-state index contributed by atoms with van der Waals surface area (Å²) in [4.78, 5) is 21.8. The van der Waals surface area contributed by atoms with E-state index in [-0.39, 0.29) is 12.2 Å². The Morgan fingerprint density at radius 1 is 1.50 bits per heavy atom. The molecule has 1 aromatic rings. The summed E-state index contributed by atoms with van der Waals surface area (Å²) in [5.74, 6) is -2.57. The first-order chi connectivity index (χ1) is 9.04. The molecular formula is C9H12F3N5O3. The maximum Gasteiger partial charge on any atom is 0.415 e. The lowest BCUT2D eigenvalue weighted by Gasteiger charge is -2.25. The van der Waals surface area contributed by atoms with Gasteiger partial charge in [-0.15, -0.1) is 5.10 Å². The van der Waals surface area contributed by atoms with Crippen molar-refractivity contribution in [2.75, 3.05) is 0 Å². The number of carboxylic acids is 1. The van der Waals surface area contributed by atoms with E-state index in [0.29, 0.717) is 6.92 Å². The number of nitrogens with zero attached hydrogens (tertiary/aromatic N) is 3. The van der Waals surface area contributed by atoms with Crippen molar-refractivity contribution in [1.29, 1.82) is 0 Å². The highest BCUT2D eigenvalue weighted by Gasteiger charge is 2.53. The Hall–Kier alpha value is -2.17. The summed E-state index contributed by atoms with van der Waals surface area (Å²) in [6.45, 7) is -0.247. The van der Waals surface area contributed by atoms with Crippen molar-refractivity contribution >= 4 is 11.9 Å². The van der Waals surface area contributed by atoms with Gasteiger partial charge in [0, 0.05) is 0 Å². The van der Waals surface area contributed by atoms with Crippen LogP contribution in [0.2, 0.25) is 0 Å². The first-order valence-electron chi connectivity index (χ1n) is 5.28. The number of aliphatic carboxylic acids is 1. The highest BCUT2D eigenvalue weighted by atomic mass is 19.4. The largest absolute Gasteiger partial charge is 0.480 e. The topological polar surface area (TPSA) is 123 Å². The average Bonchev–Trinajstić information content (AvgIpc) is 2.71. The van der Waals surface area contributed by atoms with Gasteiger partial charge >= 0.3 is 12.1 Å². The van der Waals surface area contributed by atoms with Crippen molar-refractivity contribution in [3.8, 4) is 0 Å². The van der Waals surface area contributed by atoms with Crippen LogP contribution in [0.15, 0.2) is 6.20 Å². The van der Waals surface area contributed by atoms with Crippen molar-refractivity contribution in [2.24, 2.45) is 5.73 Å². The van der Waals surface area contributed by atoms with Gasteiger partial charge < -0.3 is 16.2 Å². The standard InChI is InChI=1S/C9H12F3N5O3/c1-8(13,9(10,11)12)7(20)14-2-5-3-17(16-15-5)4-6(18)19/h3H,2,4,13H2,1H3,(H,14,20)(H,18,19). The van der Waals surface area contributed by atoms with Gasteiger partial charge in [-0.05, 0) is 6.92 Å². The second-order valence-electron chi connectivity index (χ2n) is 4.18. The minimum Gasteiger partial charge on any atom is -0.480 e. The maximum atomic E-state index is 12.5. The SMILES string of the molecule is CC(N)(C(=O)NCc1cn(CC(=O)O)nn1)C(F)(F)F. The van der Waals surface area contributed by atoms with Crippen LogP contribution in [0.5, 0.6) is 0 Å². The van der Waals surface area contributed by atoms with Gasteiger partial charge in [0.05, 0.1) is 12.7 Å². The number of carbonyl (C=O) groups excluding carboxylic acids is 1. The highest BCUT2D eigenvalue weighted by molar-refractivity contribution is 5.86. The van der Waals surface area contributed by atoms with Crippen molar-refractivity contribution in [1.82, 2.24) is 20.3 Å². The van der Waals surface area contributed by atoms with E-state index >= 15 is 0 Å². The minimum absolute atomic E-state index is 0.109. The molecule has 0 spiro atoms. The molecule has 1 heterocycles. The lowest BCUT2D eigenvalue weighted by atomic mass is 10.0. The molecule has 0 aliphatic carbocycles. The number of nitrogens with two attached hydrogens (primary N) is 1. The zero-order valence-electron chi connectivity index (χ0n) is 10.3. The third kappa shape index (κ3) is 3.66. The fraction of sp³-hybridized carbons (Fsp3) is 0.556. The quantitative estimate of drug-likeness (QED) is 0.657. The normalized spacial score (nSPS) is 14.7. The van der Waals surface area contributed by atoms with Crippen molar-refractivity contribution in [3.63, 3.8) is 0 Å². The number of aromatic nitrogens is 3. The van der Waals surface area contributed by atoms with Crippen LogP contribution < -0.4 is 11.1 Å². The number of hydrogen-bond donors (Lipinski definition) is 3. The van der Waals surface area contributed by atoms with Crippen LogP contribution in [0.3, 0.4) is 0 Å². The number of hydrogen-bond acceptors (Lipinski definition) is 5. The fourth-order valence-electron chi connectivity index (χ4n) is 1.12. The Morgan fingerprint density at radius 2 is 2.10 bits per heavy atom. The van der Waals surface area contributed by atoms with Crippen LogP contribution in [-0.4, -0.2) is 43.7 Å². The van der Waals surface area contributed by atoms with Crippen LogP contribution in [0.4, 0.5) is 13.2 Å². The van der Waals surface area contributed by atoms with Crippen molar-refractivity contribution in [2.45, 2.75) is 31.7 Å². The van der Waals surface area contributed by atoms with Gasteiger partial charge in [-0.1, -0.05) is 5.21 Å². The summed E-state index contributed by atoms with van der Waals surface area (Å²) in [5, 5.41) is 17.4. The molecule has 0 aromatic carbocycles. The third-order valence-corrected chi connectivity index (χ3v) is 2.37. The second kappa shape index (κ2) is 5.45. The Morgan fingerprint density at radius 3 is 2.60 bits per heavy atom. The van der Waals surface area contributed by atoms with Crippen LogP contribution in [0.1, 0.15) is 12.6 Å². The molecule has 8 nitrogen and oxygen atoms in total. The van der Waals surface area contributed by atoms with Crippen LogP contribution >= 0.6 is 0 Å². The Balaban J connectivity index is 2.61. The van der Waals surface area contributed by atoms with E-state index in [4.69, 9.17) is 10.8 Å². The molecule has 1 amide bonds. The molecule has 1 aromatic heterocycles. The molecule has 11 heteroatoms. The molecule has 1 rings (SSSR count). The number of rotatable bonds is 5. The Kier molecular flexibility index (Phi) is 4.33. The number of alkyl halides is 3. The lowest BCUT2D eigenvalue weighted by Crippen LogP contribution is -2.61. The van der Waals surface area contributed by atoms with Gasteiger partial charge in [0.25, 0.3) is 0 Å². The number of carboxylic acid groups (broad SMARTS) is 1. The summed E-state index contributed by atoms with van der Waals surface area (Å²) >= 11 is 0. The molecule has 4 N–H and O–H groups in total. The molecule has 0 saturated carbocycles. The predicted octanol–water partition coefficient (Wildman–Crippen LogP) is -0.741. The maximum absolute atomic E-state index is 12.5. The monoisotopic (exact) mass is 295 g/mol. The molecule has 0 bridgehead atoms. The minimum atomic E-state index is -4.89. The molecule has 0 saturated heterocycles. The van der Waals surface area contributed by atoms with E-state index < -0.39 is 30.1 Å². The second-order valence-corrected chi connectivity index (χ2v) is 4.18. The van der Waals surface area contributed by atoms with E-state index in [1.165, 1.54) is 6.20 Å². The zero-order valence-corrected chi connectivity index (χ0v) is 10.3. The molecule has 20 heavy (non-hydrogen) atoms. The lowest BCUT2D eigenvalue weighted by molar-refractivity contribution is -0.187. The smallest absolute Gasteiger partial charge is 0.415 e. The Bertz CT molecular complexity index is 511. The van der Waals surface area contributed by atoms with Crippen LogP contribution in [0.25, 0.3) is 0 Å². The molecule has 0 aliphatic heterocycles. The summed E-state index contributed by atoms with van der Waals surface area (Å²) in [6, 6.07) is 0. The zero-order chi connectivity index (χ0) is 15.6. The summed E-state index contributed by atoms with van der Waals surface area (Å²) in [6.07, 6.45) is -3.70. The summed E-state index contributed by atoms with van der Waals surface area (Å²) in [5.41, 5.74) is 2.00. The predicted molar refractivity (Wildman–Crippen MR) is 58.2 cm³/mol. The fourth-order valence-corrected chi connectivity index (χ4v) is 1.12. The number of carbonyl (C=O) groups is 2. The van der Waals surface area contributed by atoms with Gasteiger partial charge in [0.15, 0.2) is 5.54 Å². The molecule has 0 radical (unpaired) electrons. The summed E-state index contributed by atoms with van der Waals surface area (Å²) < 4.78 is 38.4. The first-order valence-corrected chi connectivity index (χ1v) is 5.28. The van der Waals surface area contributed by atoms with Gasteiger partial charge in [-0.2, -0.15) is 13.2 Å². The third-order valence-electron chi connectivity index (χ3n) is 2.37. The van der Waals surface area contributed by atoms with E-state index in [1.54, 1.807) is 0 Å². The van der Waals surface area contributed by atoms with Gasteiger partial charge in [0.1, 0.15) is 12.2 Å². The molecular weight excluding hydrogens is 283 g/mol. The van der Waals surface area contributed by atoms with E-state index in [9.17, 15) is 22.8 Å². The van der Waals surface area contributed by atoms with Crippen LogP contribution in [0, 0.1) is 0 Å². The number of halogens is 3. The molecule has 1 unspecified atom stereocenters. The van der Waals surface area contributed by atoms with Gasteiger partial charge in [0.2, 0.25) is 5.91 Å². The molecule has 1 atom stereocenters. The van der Waals surface area contributed by atoms with Crippen LogP contribution in [-0.2, 0) is 22.7 Å². The average molecular weight is 295 g/mol. The highest BCUT2D eigenvalue weighted by Crippen LogP contribution is 2.27. The number of nitrogens with one attached hydrogen (secondary N) is 1. The van der Waals surface area contributed by atoms with Crippen molar-refractivity contribution < 1.29 is 27.9 Å². The van der Waals surface area contributed by atoms with Gasteiger partial charge in [-0.3, -0.25) is 9.59 Å². The molecule has 112 valence electrons. The summed E-state index contributed by atoms with van der Waals surface area (Å²) in [7, 11) is 0. The molecule has 0 fully saturated rings. The van der Waals surface area contributed by atoms with Crippen molar-refractivity contribution in [3.05, 3.63) is 11.9 Å². The first kappa shape index (κ1) is 15.9. The van der Waals surface area contributed by atoms with Gasteiger partial charge in [-0.25, -0.2) is 4.68 Å². The number of amides is 1. The molecule has 0 aliphatic rings.